The fourth-order valence-electron chi connectivity index (χ4n) is 3.56. The van der Waals surface area contributed by atoms with Crippen molar-refractivity contribution in [2.24, 2.45) is 5.41 Å². The average molecular weight is 309 g/mol. The smallest absolute Gasteiger partial charge is 0.227 e. The van der Waals surface area contributed by atoms with E-state index in [-0.39, 0.29) is 12.4 Å². The monoisotopic (exact) mass is 308 g/mol. The highest BCUT2D eigenvalue weighted by Gasteiger charge is 2.41. The number of carbonyl (C=O) groups is 1. The molecule has 116 valence electrons. The van der Waals surface area contributed by atoms with Crippen LogP contribution in [0.25, 0.3) is 0 Å². The summed E-state index contributed by atoms with van der Waals surface area (Å²) >= 11 is 0. The minimum Gasteiger partial charge on any atom is -0.342 e. The molecule has 1 aromatic rings. The maximum atomic E-state index is 12.5. The van der Waals surface area contributed by atoms with Crippen LogP contribution in [-0.2, 0) is 11.2 Å². The van der Waals surface area contributed by atoms with E-state index in [9.17, 15) is 4.79 Å². The molecule has 0 saturated carbocycles. The lowest BCUT2D eigenvalue weighted by molar-refractivity contribution is -0.129. The number of hydrogen-bond donors (Lipinski definition) is 1. The molecule has 2 aliphatic rings. The SMILES string of the molecule is Cc1ccc(C)c(CC(=O)N2CCC3(CCNC3)C2)c1.Cl. The molecule has 2 saturated heterocycles. The topological polar surface area (TPSA) is 32.3 Å². The molecule has 1 N–H and O–H groups in total. The zero-order valence-electron chi connectivity index (χ0n) is 12.9. The number of likely N-dealkylation sites (tertiary alicyclic amines) is 1. The van der Waals surface area contributed by atoms with Gasteiger partial charge in [0.05, 0.1) is 6.42 Å². The van der Waals surface area contributed by atoms with Crippen LogP contribution in [0.15, 0.2) is 18.2 Å². The Morgan fingerprint density at radius 2 is 2.14 bits per heavy atom. The molecular formula is C17H25ClN2O. The van der Waals surface area contributed by atoms with Crippen molar-refractivity contribution in [1.82, 2.24) is 10.2 Å². The van der Waals surface area contributed by atoms with Crippen molar-refractivity contribution in [3.05, 3.63) is 34.9 Å². The molecular weight excluding hydrogens is 284 g/mol. The van der Waals surface area contributed by atoms with Crippen molar-refractivity contribution in [3.63, 3.8) is 0 Å². The molecule has 0 aliphatic carbocycles. The first-order valence-electron chi connectivity index (χ1n) is 7.63. The quantitative estimate of drug-likeness (QED) is 0.910. The third-order valence-electron chi connectivity index (χ3n) is 4.97. The molecule has 3 nitrogen and oxygen atoms in total. The summed E-state index contributed by atoms with van der Waals surface area (Å²) in [7, 11) is 0. The van der Waals surface area contributed by atoms with Gasteiger partial charge < -0.3 is 10.2 Å². The minimum atomic E-state index is 0. The van der Waals surface area contributed by atoms with Crippen LogP contribution in [-0.4, -0.2) is 37.0 Å². The molecule has 1 unspecified atom stereocenters. The molecule has 1 amide bonds. The Hall–Kier alpha value is -1.06. The summed E-state index contributed by atoms with van der Waals surface area (Å²) in [4.78, 5) is 14.6. The van der Waals surface area contributed by atoms with E-state index in [4.69, 9.17) is 0 Å². The van der Waals surface area contributed by atoms with E-state index in [1.54, 1.807) is 0 Å². The fourth-order valence-corrected chi connectivity index (χ4v) is 3.56. The summed E-state index contributed by atoms with van der Waals surface area (Å²) in [5, 5.41) is 3.44. The zero-order valence-corrected chi connectivity index (χ0v) is 13.8. The third kappa shape index (κ3) is 3.41. The van der Waals surface area contributed by atoms with Crippen molar-refractivity contribution in [2.45, 2.75) is 33.1 Å². The van der Waals surface area contributed by atoms with E-state index in [1.165, 1.54) is 29.5 Å². The Morgan fingerprint density at radius 3 is 2.86 bits per heavy atom. The first-order chi connectivity index (χ1) is 9.58. The van der Waals surface area contributed by atoms with Gasteiger partial charge in [-0.15, -0.1) is 12.4 Å². The number of benzene rings is 1. The van der Waals surface area contributed by atoms with E-state index >= 15 is 0 Å². The minimum absolute atomic E-state index is 0. The fraction of sp³-hybridized carbons (Fsp3) is 0.588. The molecule has 1 spiro atoms. The number of nitrogens with one attached hydrogen (secondary N) is 1. The van der Waals surface area contributed by atoms with Crippen LogP contribution >= 0.6 is 12.4 Å². The standard InChI is InChI=1S/C17H24N2O.ClH/c1-13-3-4-14(2)15(9-13)10-16(20)19-8-6-17(12-19)5-7-18-11-17;/h3-4,9,18H,5-8,10-12H2,1-2H3;1H. The Morgan fingerprint density at radius 1 is 1.33 bits per heavy atom. The lowest BCUT2D eigenvalue weighted by Crippen LogP contribution is -2.34. The average Bonchev–Trinajstić information content (AvgIpc) is 3.05. The predicted octanol–water partition coefficient (Wildman–Crippen LogP) is 2.48. The van der Waals surface area contributed by atoms with Crippen LogP contribution in [0.4, 0.5) is 0 Å². The summed E-state index contributed by atoms with van der Waals surface area (Å²) in [6.07, 6.45) is 2.94. The second-order valence-corrected chi connectivity index (χ2v) is 6.60. The third-order valence-corrected chi connectivity index (χ3v) is 4.97. The molecule has 1 aromatic carbocycles. The largest absolute Gasteiger partial charge is 0.342 e. The van der Waals surface area contributed by atoms with Crippen molar-refractivity contribution < 1.29 is 4.79 Å². The van der Waals surface area contributed by atoms with Crippen LogP contribution in [0.2, 0.25) is 0 Å². The summed E-state index contributed by atoms with van der Waals surface area (Å²) in [6.45, 7) is 8.26. The summed E-state index contributed by atoms with van der Waals surface area (Å²) in [6, 6.07) is 6.37. The highest BCUT2D eigenvalue weighted by Crippen LogP contribution is 2.36. The van der Waals surface area contributed by atoms with Crippen molar-refractivity contribution in [1.29, 1.82) is 0 Å². The maximum Gasteiger partial charge on any atom is 0.227 e. The van der Waals surface area contributed by atoms with Crippen LogP contribution < -0.4 is 5.32 Å². The molecule has 0 radical (unpaired) electrons. The molecule has 2 heterocycles. The van der Waals surface area contributed by atoms with Crippen LogP contribution in [0.3, 0.4) is 0 Å². The zero-order chi connectivity index (χ0) is 14.2. The van der Waals surface area contributed by atoms with E-state index in [1.807, 2.05) is 0 Å². The molecule has 3 rings (SSSR count). The molecule has 0 aromatic heterocycles. The maximum absolute atomic E-state index is 12.5. The summed E-state index contributed by atoms with van der Waals surface area (Å²) in [5.74, 6) is 0.294. The Balaban J connectivity index is 0.00000161. The molecule has 1 atom stereocenters. The van der Waals surface area contributed by atoms with E-state index in [2.05, 4.69) is 42.3 Å². The first-order valence-corrected chi connectivity index (χ1v) is 7.63. The number of nitrogens with zero attached hydrogens (tertiary/aromatic N) is 1. The number of hydrogen-bond acceptors (Lipinski definition) is 2. The number of amides is 1. The lowest BCUT2D eigenvalue weighted by Gasteiger charge is -2.23. The van der Waals surface area contributed by atoms with Gasteiger partial charge in [-0.2, -0.15) is 0 Å². The number of carbonyl (C=O) groups excluding carboxylic acids is 1. The Bertz CT molecular complexity index is 524. The van der Waals surface area contributed by atoms with Crippen molar-refractivity contribution in [2.75, 3.05) is 26.2 Å². The second kappa shape index (κ2) is 6.37. The van der Waals surface area contributed by atoms with E-state index in [0.29, 0.717) is 17.7 Å². The lowest BCUT2D eigenvalue weighted by atomic mass is 9.86. The van der Waals surface area contributed by atoms with Gasteiger partial charge in [0.1, 0.15) is 0 Å². The molecule has 21 heavy (non-hydrogen) atoms. The van der Waals surface area contributed by atoms with Gasteiger partial charge in [0.15, 0.2) is 0 Å². The van der Waals surface area contributed by atoms with Gasteiger partial charge in [0, 0.05) is 25.0 Å². The molecule has 0 bridgehead atoms. The van der Waals surface area contributed by atoms with Crippen LogP contribution in [0, 0.1) is 19.3 Å². The van der Waals surface area contributed by atoms with Gasteiger partial charge in [-0.25, -0.2) is 0 Å². The molecule has 2 fully saturated rings. The van der Waals surface area contributed by atoms with Gasteiger partial charge in [-0.1, -0.05) is 23.8 Å². The van der Waals surface area contributed by atoms with E-state index in [0.717, 1.165) is 26.2 Å². The summed E-state index contributed by atoms with van der Waals surface area (Å²) < 4.78 is 0. The predicted molar refractivity (Wildman–Crippen MR) is 88.0 cm³/mol. The van der Waals surface area contributed by atoms with Gasteiger partial charge in [0.2, 0.25) is 5.91 Å². The van der Waals surface area contributed by atoms with Gasteiger partial charge in [-0.05, 0) is 44.4 Å². The summed E-state index contributed by atoms with van der Waals surface area (Å²) in [5.41, 5.74) is 4.01. The Kier molecular flexibility index (Phi) is 4.95. The molecule has 2 aliphatic heterocycles. The Labute approximate surface area is 133 Å². The van der Waals surface area contributed by atoms with Gasteiger partial charge >= 0.3 is 0 Å². The van der Waals surface area contributed by atoms with E-state index < -0.39 is 0 Å². The number of halogens is 1. The van der Waals surface area contributed by atoms with Gasteiger partial charge in [0.25, 0.3) is 0 Å². The normalized spacial score (nSPS) is 24.4. The highest BCUT2D eigenvalue weighted by atomic mass is 35.5. The highest BCUT2D eigenvalue weighted by molar-refractivity contribution is 5.85. The van der Waals surface area contributed by atoms with Crippen molar-refractivity contribution in [3.8, 4) is 0 Å². The first kappa shape index (κ1) is 16.3. The number of rotatable bonds is 2. The van der Waals surface area contributed by atoms with Crippen molar-refractivity contribution >= 4 is 18.3 Å². The van der Waals surface area contributed by atoms with Crippen LogP contribution in [0.5, 0.6) is 0 Å². The second-order valence-electron chi connectivity index (χ2n) is 6.60. The van der Waals surface area contributed by atoms with Crippen LogP contribution in [0.1, 0.15) is 29.5 Å². The molecule has 4 heteroatoms. The van der Waals surface area contributed by atoms with Gasteiger partial charge in [-0.3, -0.25) is 4.79 Å². The number of aryl methyl sites for hydroxylation is 2.